The molecule has 0 aliphatic heterocycles. The molecule has 0 radical (unpaired) electrons. The molecule has 94 valence electrons. The highest BCUT2D eigenvalue weighted by molar-refractivity contribution is 5.96. The number of aromatic nitrogens is 3. The van der Waals surface area contributed by atoms with Crippen LogP contribution < -0.4 is 0 Å². The Morgan fingerprint density at radius 3 is 2.83 bits per heavy atom. The van der Waals surface area contributed by atoms with Crippen LogP contribution in [0.2, 0.25) is 0 Å². The van der Waals surface area contributed by atoms with E-state index in [-0.39, 0.29) is 11.5 Å². The zero-order chi connectivity index (χ0) is 12.5. The highest BCUT2D eigenvalue weighted by Gasteiger charge is 2.27. The zero-order valence-electron chi connectivity index (χ0n) is 10.0. The van der Waals surface area contributed by atoms with Crippen molar-refractivity contribution in [3.8, 4) is 0 Å². The fraction of sp³-hybridized carbons (Fsp3) is 0.462. The summed E-state index contributed by atoms with van der Waals surface area (Å²) in [6, 6.07) is 1.76. The van der Waals surface area contributed by atoms with Gasteiger partial charge in [0.2, 0.25) is 0 Å². The maximum Gasteiger partial charge on any atom is 0.341 e. The minimum atomic E-state index is -0.927. The Kier molecular flexibility index (Phi) is 2.74. The third-order valence-corrected chi connectivity index (χ3v) is 3.63. The molecule has 2 aromatic heterocycles. The molecular formula is C13H15N3O2. The van der Waals surface area contributed by atoms with Crippen LogP contribution in [0.1, 0.15) is 54.1 Å². The standard InChI is InChI=1S/C13H15N3O2/c17-13(18)10-11(9-5-2-1-3-6-9)15-16-8-4-7-14-12(10)16/h4,7-9H,1-3,5-6H2,(H,17,18). The molecular weight excluding hydrogens is 230 g/mol. The summed E-state index contributed by atoms with van der Waals surface area (Å²) in [4.78, 5) is 15.6. The Labute approximate surface area is 104 Å². The van der Waals surface area contributed by atoms with E-state index in [1.165, 1.54) is 6.42 Å². The zero-order valence-corrected chi connectivity index (χ0v) is 10.0. The lowest BCUT2D eigenvalue weighted by atomic mass is 9.85. The van der Waals surface area contributed by atoms with E-state index < -0.39 is 5.97 Å². The summed E-state index contributed by atoms with van der Waals surface area (Å²) < 4.78 is 1.58. The second-order valence-corrected chi connectivity index (χ2v) is 4.79. The molecule has 1 aliphatic rings. The van der Waals surface area contributed by atoms with E-state index in [1.54, 1.807) is 23.0 Å². The predicted molar refractivity (Wildman–Crippen MR) is 65.8 cm³/mol. The van der Waals surface area contributed by atoms with Crippen LogP contribution in [-0.2, 0) is 0 Å². The number of nitrogens with zero attached hydrogens (tertiary/aromatic N) is 3. The van der Waals surface area contributed by atoms with Gasteiger partial charge in [-0.25, -0.2) is 14.3 Å². The molecule has 18 heavy (non-hydrogen) atoms. The smallest absolute Gasteiger partial charge is 0.341 e. The molecule has 5 heteroatoms. The van der Waals surface area contributed by atoms with Crippen molar-refractivity contribution in [3.63, 3.8) is 0 Å². The number of carbonyl (C=O) groups is 1. The fourth-order valence-corrected chi connectivity index (χ4v) is 2.77. The largest absolute Gasteiger partial charge is 0.477 e. The summed E-state index contributed by atoms with van der Waals surface area (Å²) in [6.45, 7) is 0. The van der Waals surface area contributed by atoms with Crippen LogP contribution in [0, 0.1) is 0 Å². The van der Waals surface area contributed by atoms with Gasteiger partial charge in [-0.3, -0.25) is 0 Å². The van der Waals surface area contributed by atoms with Crippen molar-refractivity contribution in [3.05, 3.63) is 29.7 Å². The molecule has 0 aromatic carbocycles. The summed E-state index contributed by atoms with van der Waals surface area (Å²) in [7, 11) is 0. The van der Waals surface area contributed by atoms with Gasteiger partial charge in [-0.05, 0) is 18.9 Å². The lowest BCUT2D eigenvalue weighted by Crippen LogP contribution is -2.10. The van der Waals surface area contributed by atoms with Gasteiger partial charge in [-0.1, -0.05) is 19.3 Å². The summed E-state index contributed by atoms with van der Waals surface area (Å²) in [5.41, 5.74) is 1.44. The molecule has 0 spiro atoms. The molecule has 2 heterocycles. The number of fused-ring (bicyclic) bond motifs is 1. The van der Waals surface area contributed by atoms with Crippen molar-refractivity contribution in [1.29, 1.82) is 0 Å². The Hall–Kier alpha value is -1.91. The van der Waals surface area contributed by atoms with Crippen LogP contribution in [0.3, 0.4) is 0 Å². The number of hydrogen-bond acceptors (Lipinski definition) is 3. The summed E-state index contributed by atoms with van der Waals surface area (Å²) in [6.07, 6.45) is 8.98. The molecule has 1 saturated carbocycles. The lowest BCUT2D eigenvalue weighted by molar-refractivity contribution is 0.0696. The fourth-order valence-electron chi connectivity index (χ4n) is 2.77. The first-order valence-corrected chi connectivity index (χ1v) is 6.34. The van der Waals surface area contributed by atoms with Crippen LogP contribution in [0.5, 0.6) is 0 Å². The van der Waals surface area contributed by atoms with Crippen LogP contribution in [0.15, 0.2) is 18.5 Å². The molecule has 3 rings (SSSR count). The number of aromatic carboxylic acids is 1. The minimum absolute atomic E-state index is 0.270. The number of carboxylic acid groups (broad SMARTS) is 1. The summed E-state index contributed by atoms with van der Waals surface area (Å²) in [5.74, 6) is -0.657. The number of rotatable bonds is 2. The Bertz CT molecular complexity index is 585. The van der Waals surface area contributed by atoms with E-state index in [2.05, 4.69) is 10.1 Å². The SMILES string of the molecule is O=C(O)c1c(C2CCCCC2)nn2cccnc12. The molecule has 0 unspecified atom stereocenters. The van der Waals surface area contributed by atoms with Crippen molar-refractivity contribution in [2.75, 3.05) is 0 Å². The maximum absolute atomic E-state index is 11.4. The molecule has 0 bridgehead atoms. The monoisotopic (exact) mass is 245 g/mol. The first kappa shape index (κ1) is 11.2. The van der Waals surface area contributed by atoms with Gasteiger partial charge in [-0.2, -0.15) is 5.10 Å². The number of carboxylic acids is 1. The highest BCUT2D eigenvalue weighted by Crippen LogP contribution is 2.34. The van der Waals surface area contributed by atoms with Gasteiger partial charge >= 0.3 is 5.97 Å². The van der Waals surface area contributed by atoms with E-state index in [0.717, 1.165) is 25.7 Å². The molecule has 5 nitrogen and oxygen atoms in total. The van der Waals surface area contributed by atoms with Gasteiger partial charge in [0.1, 0.15) is 5.56 Å². The topological polar surface area (TPSA) is 67.5 Å². The maximum atomic E-state index is 11.4. The third-order valence-electron chi connectivity index (χ3n) is 3.63. The quantitative estimate of drug-likeness (QED) is 0.882. The van der Waals surface area contributed by atoms with E-state index in [0.29, 0.717) is 11.3 Å². The average molecular weight is 245 g/mol. The first-order chi connectivity index (χ1) is 8.77. The molecule has 1 N–H and O–H groups in total. The van der Waals surface area contributed by atoms with Crippen molar-refractivity contribution in [2.45, 2.75) is 38.0 Å². The molecule has 1 fully saturated rings. The lowest BCUT2D eigenvalue weighted by Gasteiger charge is -2.19. The van der Waals surface area contributed by atoms with Crippen molar-refractivity contribution in [2.24, 2.45) is 0 Å². The minimum Gasteiger partial charge on any atom is -0.477 e. The van der Waals surface area contributed by atoms with E-state index >= 15 is 0 Å². The van der Waals surface area contributed by atoms with Gasteiger partial charge < -0.3 is 5.11 Å². The third kappa shape index (κ3) is 1.75. The Balaban J connectivity index is 2.14. The second kappa shape index (κ2) is 4.40. The average Bonchev–Trinajstić information content (AvgIpc) is 2.79. The van der Waals surface area contributed by atoms with E-state index in [1.807, 2.05) is 0 Å². The van der Waals surface area contributed by atoms with E-state index in [4.69, 9.17) is 0 Å². The molecule has 2 aromatic rings. The van der Waals surface area contributed by atoms with Crippen LogP contribution in [0.4, 0.5) is 0 Å². The van der Waals surface area contributed by atoms with Gasteiger partial charge in [0.15, 0.2) is 5.65 Å². The molecule has 1 aliphatic carbocycles. The second-order valence-electron chi connectivity index (χ2n) is 4.79. The van der Waals surface area contributed by atoms with Crippen molar-refractivity contribution >= 4 is 11.6 Å². The first-order valence-electron chi connectivity index (χ1n) is 6.34. The van der Waals surface area contributed by atoms with Crippen molar-refractivity contribution < 1.29 is 9.90 Å². The van der Waals surface area contributed by atoms with Crippen LogP contribution in [-0.4, -0.2) is 25.7 Å². The molecule has 0 atom stereocenters. The Morgan fingerprint density at radius 1 is 1.33 bits per heavy atom. The van der Waals surface area contributed by atoms with Crippen molar-refractivity contribution in [1.82, 2.24) is 14.6 Å². The van der Waals surface area contributed by atoms with Crippen LogP contribution in [0.25, 0.3) is 5.65 Å². The van der Waals surface area contributed by atoms with Gasteiger partial charge in [0, 0.05) is 18.3 Å². The molecule has 0 amide bonds. The normalized spacial score (nSPS) is 17.1. The highest BCUT2D eigenvalue weighted by atomic mass is 16.4. The molecule has 0 saturated heterocycles. The van der Waals surface area contributed by atoms with Crippen LogP contribution >= 0.6 is 0 Å². The van der Waals surface area contributed by atoms with Gasteiger partial charge in [-0.15, -0.1) is 0 Å². The number of hydrogen-bond donors (Lipinski definition) is 1. The van der Waals surface area contributed by atoms with E-state index in [9.17, 15) is 9.90 Å². The van der Waals surface area contributed by atoms with Gasteiger partial charge in [0.05, 0.1) is 5.69 Å². The predicted octanol–water partition coefficient (Wildman–Crippen LogP) is 2.48. The summed E-state index contributed by atoms with van der Waals surface area (Å²) >= 11 is 0. The summed E-state index contributed by atoms with van der Waals surface area (Å²) in [5, 5.41) is 13.8. The van der Waals surface area contributed by atoms with Gasteiger partial charge in [0.25, 0.3) is 0 Å². The Morgan fingerprint density at radius 2 is 2.11 bits per heavy atom.